The summed E-state index contributed by atoms with van der Waals surface area (Å²) in [6.45, 7) is 8.60. The van der Waals surface area contributed by atoms with Crippen molar-refractivity contribution in [2.24, 2.45) is 5.92 Å². The Morgan fingerprint density at radius 1 is 1.21 bits per heavy atom. The lowest BCUT2D eigenvalue weighted by Crippen LogP contribution is -2.27. The molecule has 0 radical (unpaired) electrons. The van der Waals surface area contributed by atoms with Crippen LogP contribution in [-0.4, -0.2) is 23.8 Å². The van der Waals surface area contributed by atoms with Gasteiger partial charge in [-0.3, -0.25) is 4.79 Å². The molecule has 0 fully saturated rings. The Labute approximate surface area is 172 Å². The Kier molecular flexibility index (Phi) is 7.35. The minimum atomic E-state index is -4.86. The molecule has 1 atom stereocenters. The lowest BCUT2D eigenvalue weighted by atomic mass is 10.1. The molecule has 0 saturated heterocycles. The van der Waals surface area contributed by atoms with Gasteiger partial charge >= 0.3 is 6.36 Å². The fraction of sp³-hybridized carbons (Fsp3) is 0.400. The minimum Gasteiger partial charge on any atom is -0.404 e. The first kappa shape index (κ1) is 22.8. The molecule has 1 aromatic carbocycles. The summed E-state index contributed by atoms with van der Waals surface area (Å²) in [5.74, 6) is 0.136. The average Bonchev–Trinajstić information content (AvgIpc) is 2.60. The molecule has 1 amide bonds. The molecule has 29 heavy (non-hydrogen) atoms. The molecule has 2 aromatic rings. The minimum absolute atomic E-state index is 0.125. The second-order valence-corrected chi connectivity index (χ2v) is 7.50. The summed E-state index contributed by atoms with van der Waals surface area (Å²) in [6.07, 6.45) is -4.86. The van der Waals surface area contributed by atoms with Gasteiger partial charge < -0.3 is 15.4 Å². The van der Waals surface area contributed by atoms with Gasteiger partial charge in [0.05, 0.1) is 11.1 Å². The number of aryl methyl sites for hydroxylation is 1. The highest BCUT2D eigenvalue weighted by atomic mass is 35.5. The second kappa shape index (κ2) is 9.35. The summed E-state index contributed by atoms with van der Waals surface area (Å²) >= 11 is 5.81. The van der Waals surface area contributed by atoms with Gasteiger partial charge in [0.2, 0.25) is 0 Å². The van der Waals surface area contributed by atoms with Gasteiger partial charge in [0.15, 0.2) is 0 Å². The zero-order chi connectivity index (χ0) is 21.8. The van der Waals surface area contributed by atoms with Crippen LogP contribution in [0.2, 0.25) is 5.02 Å². The number of hydrogen-bond donors (Lipinski definition) is 2. The summed E-state index contributed by atoms with van der Waals surface area (Å²) < 4.78 is 40.8. The molecule has 0 spiro atoms. The summed E-state index contributed by atoms with van der Waals surface area (Å²) in [4.78, 5) is 16.9. The number of carbonyl (C=O) groups excluding carboxylic acids is 1. The number of ether oxygens (including phenoxy) is 1. The van der Waals surface area contributed by atoms with E-state index in [1.807, 2.05) is 26.0 Å². The Hall–Kier alpha value is -2.48. The molecule has 158 valence electrons. The molecule has 1 aromatic heterocycles. The molecule has 2 N–H and O–H groups in total. The molecule has 1 unspecified atom stereocenters. The van der Waals surface area contributed by atoms with E-state index in [2.05, 4.69) is 34.2 Å². The van der Waals surface area contributed by atoms with E-state index in [1.165, 1.54) is 6.07 Å². The number of hydrogen-bond acceptors (Lipinski definition) is 4. The van der Waals surface area contributed by atoms with Crippen LogP contribution >= 0.6 is 11.6 Å². The number of nitrogens with zero attached hydrogens (tertiary/aromatic N) is 1. The van der Waals surface area contributed by atoms with Gasteiger partial charge in [0.1, 0.15) is 11.6 Å². The summed E-state index contributed by atoms with van der Waals surface area (Å²) in [6, 6.07) is 6.74. The molecule has 0 aliphatic heterocycles. The van der Waals surface area contributed by atoms with Crippen LogP contribution in [0.3, 0.4) is 0 Å². The van der Waals surface area contributed by atoms with E-state index in [4.69, 9.17) is 11.6 Å². The lowest BCUT2D eigenvalue weighted by Gasteiger charge is -2.17. The third-order valence-corrected chi connectivity index (χ3v) is 4.23. The highest BCUT2D eigenvalue weighted by Gasteiger charge is 2.32. The molecular formula is C20H23ClF3N3O2. The van der Waals surface area contributed by atoms with Crippen LogP contribution in [0, 0.1) is 12.8 Å². The van der Waals surface area contributed by atoms with E-state index in [0.717, 1.165) is 29.9 Å². The maximum atomic E-state index is 12.5. The van der Waals surface area contributed by atoms with Crippen molar-refractivity contribution in [3.63, 3.8) is 0 Å². The third-order valence-electron chi connectivity index (χ3n) is 3.93. The lowest BCUT2D eigenvalue weighted by molar-refractivity contribution is -0.274. The van der Waals surface area contributed by atoms with Crippen molar-refractivity contribution in [3.05, 3.63) is 52.2 Å². The van der Waals surface area contributed by atoms with Crippen LogP contribution in [-0.2, 0) is 0 Å². The first-order chi connectivity index (χ1) is 13.4. The molecule has 0 bridgehead atoms. The number of carbonyl (C=O) groups is 1. The Balaban J connectivity index is 2.11. The molecule has 1 heterocycles. The Morgan fingerprint density at radius 3 is 2.48 bits per heavy atom. The molecule has 0 aliphatic carbocycles. The number of amides is 1. The topological polar surface area (TPSA) is 63.2 Å². The number of pyridine rings is 1. The van der Waals surface area contributed by atoms with E-state index >= 15 is 0 Å². The zero-order valence-corrected chi connectivity index (χ0v) is 17.3. The smallest absolute Gasteiger partial charge is 0.404 e. The van der Waals surface area contributed by atoms with Crippen LogP contribution in [0.15, 0.2) is 30.3 Å². The monoisotopic (exact) mass is 429 g/mol. The predicted molar refractivity (Wildman–Crippen MR) is 106 cm³/mol. The summed E-state index contributed by atoms with van der Waals surface area (Å²) in [5, 5.41) is 5.76. The summed E-state index contributed by atoms with van der Waals surface area (Å²) in [5.41, 5.74) is 1.77. The molecule has 0 aliphatic rings. The maximum absolute atomic E-state index is 12.5. The van der Waals surface area contributed by atoms with Crippen molar-refractivity contribution in [1.82, 2.24) is 10.3 Å². The Morgan fingerprint density at radius 2 is 1.90 bits per heavy atom. The zero-order valence-electron chi connectivity index (χ0n) is 16.5. The van der Waals surface area contributed by atoms with Gasteiger partial charge in [-0.05, 0) is 55.7 Å². The fourth-order valence-electron chi connectivity index (χ4n) is 2.56. The number of alkyl halides is 3. The SMILES string of the molecule is Cc1cc(C(C)NC(=O)c2ccc(OC(F)(F)F)c(Cl)c2)cc(NCC(C)C)n1. The van der Waals surface area contributed by atoms with Gasteiger partial charge in [0, 0.05) is 17.8 Å². The van der Waals surface area contributed by atoms with Crippen molar-refractivity contribution >= 4 is 23.3 Å². The number of benzene rings is 1. The normalized spacial score (nSPS) is 12.6. The first-order valence-electron chi connectivity index (χ1n) is 9.03. The van der Waals surface area contributed by atoms with E-state index < -0.39 is 18.0 Å². The Bertz CT molecular complexity index is 873. The summed E-state index contributed by atoms with van der Waals surface area (Å²) in [7, 11) is 0. The fourth-order valence-corrected chi connectivity index (χ4v) is 2.78. The van der Waals surface area contributed by atoms with E-state index in [0.29, 0.717) is 11.7 Å². The maximum Gasteiger partial charge on any atom is 0.573 e. The van der Waals surface area contributed by atoms with Crippen molar-refractivity contribution in [1.29, 1.82) is 0 Å². The van der Waals surface area contributed by atoms with E-state index in [-0.39, 0.29) is 16.6 Å². The molecule has 5 nitrogen and oxygen atoms in total. The van der Waals surface area contributed by atoms with Gasteiger partial charge in [-0.2, -0.15) is 0 Å². The second-order valence-electron chi connectivity index (χ2n) is 7.09. The quantitative estimate of drug-likeness (QED) is 0.610. The largest absolute Gasteiger partial charge is 0.573 e. The standard InChI is InChI=1S/C20H23ClF3N3O2/c1-11(2)10-25-18-9-15(7-12(3)26-18)13(4)27-19(28)14-5-6-17(16(21)8-14)29-20(22,23)24/h5-9,11,13H,10H2,1-4H3,(H,25,26)(H,27,28). The van der Waals surface area contributed by atoms with Crippen LogP contribution in [0.5, 0.6) is 5.75 Å². The average molecular weight is 430 g/mol. The van der Waals surface area contributed by atoms with E-state index in [1.54, 1.807) is 0 Å². The number of anilines is 1. The first-order valence-corrected chi connectivity index (χ1v) is 9.41. The van der Waals surface area contributed by atoms with Crippen LogP contribution in [0.4, 0.5) is 19.0 Å². The number of aromatic nitrogens is 1. The van der Waals surface area contributed by atoms with Crippen molar-refractivity contribution in [3.8, 4) is 5.75 Å². The van der Waals surface area contributed by atoms with Gasteiger partial charge in [-0.15, -0.1) is 13.2 Å². The predicted octanol–water partition coefficient (Wildman–Crippen LogP) is 5.50. The highest BCUT2D eigenvalue weighted by molar-refractivity contribution is 6.32. The van der Waals surface area contributed by atoms with E-state index in [9.17, 15) is 18.0 Å². The number of rotatable bonds is 7. The van der Waals surface area contributed by atoms with Gasteiger partial charge in [0.25, 0.3) is 5.91 Å². The number of nitrogens with one attached hydrogen (secondary N) is 2. The van der Waals surface area contributed by atoms with Gasteiger partial charge in [-0.1, -0.05) is 25.4 Å². The van der Waals surface area contributed by atoms with Crippen molar-refractivity contribution in [2.75, 3.05) is 11.9 Å². The molecular weight excluding hydrogens is 407 g/mol. The van der Waals surface area contributed by atoms with Crippen LogP contribution < -0.4 is 15.4 Å². The van der Waals surface area contributed by atoms with Crippen molar-refractivity contribution in [2.45, 2.75) is 40.1 Å². The molecule has 9 heteroatoms. The third kappa shape index (κ3) is 7.12. The highest BCUT2D eigenvalue weighted by Crippen LogP contribution is 2.31. The number of halogens is 4. The molecule has 2 rings (SSSR count). The van der Waals surface area contributed by atoms with Crippen LogP contribution in [0.25, 0.3) is 0 Å². The van der Waals surface area contributed by atoms with Crippen molar-refractivity contribution < 1.29 is 22.7 Å². The molecule has 0 saturated carbocycles. The van der Waals surface area contributed by atoms with Crippen LogP contribution in [0.1, 0.15) is 48.4 Å². The van der Waals surface area contributed by atoms with Gasteiger partial charge in [-0.25, -0.2) is 4.98 Å².